The molecule has 5 nitrogen and oxygen atoms in total. The zero-order chi connectivity index (χ0) is 16.9. The van der Waals surface area contributed by atoms with Crippen LogP contribution >= 0.6 is 11.6 Å². The van der Waals surface area contributed by atoms with Crippen LogP contribution in [0.5, 0.6) is 0 Å². The number of hydrogen-bond acceptors (Lipinski definition) is 4. The number of hydrogen-bond donors (Lipinski definition) is 2. The number of halogens is 2. The first-order valence-electron chi connectivity index (χ1n) is 7.01. The molecule has 0 unspecified atom stereocenters. The molecule has 0 saturated heterocycles. The molecule has 0 radical (unpaired) electrons. The fraction of sp³-hybridized carbons (Fsp3) is 0. The summed E-state index contributed by atoms with van der Waals surface area (Å²) in [7, 11) is 0. The number of aromatic nitrogens is 2. The van der Waals surface area contributed by atoms with Gasteiger partial charge in [-0.1, -0.05) is 11.6 Å². The van der Waals surface area contributed by atoms with Gasteiger partial charge in [0.25, 0.3) is 5.91 Å². The normalized spacial score (nSPS) is 10.2. The molecule has 0 atom stereocenters. The van der Waals surface area contributed by atoms with Crippen molar-refractivity contribution in [3.8, 4) is 0 Å². The Labute approximate surface area is 142 Å². The van der Waals surface area contributed by atoms with E-state index in [0.717, 1.165) is 0 Å². The molecule has 0 aliphatic heterocycles. The topological polar surface area (TPSA) is 66.9 Å². The number of pyridine rings is 2. The quantitative estimate of drug-likeness (QED) is 0.743. The molecule has 0 fully saturated rings. The standard InChI is InChI=1S/C17H12ClFN4O/c18-14-8-12(3-5-15(14)19)22-13-4-6-16(21-10-13)23-17(24)11-2-1-7-20-9-11/h1-10,22H,(H,21,23,24). The van der Waals surface area contributed by atoms with Crippen LogP contribution in [-0.4, -0.2) is 15.9 Å². The maximum Gasteiger partial charge on any atom is 0.258 e. The second-order valence-corrected chi connectivity index (χ2v) is 5.29. The Morgan fingerprint density at radius 2 is 1.92 bits per heavy atom. The van der Waals surface area contributed by atoms with Gasteiger partial charge in [0.2, 0.25) is 0 Å². The minimum absolute atomic E-state index is 0.0355. The first-order valence-corrected chi connectivity index (χ1v) is 7.39. The summed E-state index contributed by atoms with van der Waals surface area (Å²) in [6.07, 6.45) is 4.62. The van der Waals surface area contributed by atoms with E-state index in [9.17, 15) is 9.18 Å². The average Bonchev–Trinajstić information content (AvgIpc) is 2.61. The van der Waals surface area contributed by atoms with Crippen molar-refractivity contribution in [3.63, 3.8) is 0 Å². The lowest BCUT2D eigenvalue weighted by atomic mass is 10.2. The fourth-order valence-electron chi connectivity index (χ4n) is 1.97. The molecule has 1 aromatic carbocycles. The Morgan fingerprint density at radius 1 is 1.08 bits per heavy atom. The van der Waals surface area contributed by atoms with Crippen LogP contribution in [0.3, 0.4) is 0 Å². The molecular weight excluding hydrogens is 331 g/mol. The van der Waals surface area contributed by atoms with Crippen LogP contribution in [0.4, 0.5) is 21.6 Å². The molecule has 3 rings (SSSR count). The van der Waals surface area contributed by atoms with Crippen molar-refractivity contribution in [1.29, 1.82) is 0 Å². The number of benzene rings is 1. The first-order chi connectivity index (χ1) is 11.6. The zero-order valence-electron chi connectivity index (χ0n) is 12.3. The Hall–Kier alpha value is -2.99. The minimum Gasteiger partial charge on any atom is -0.354 e. The summed E-state index contributed by atoms with van der Waals surface area (Å²) in [5, 5.41) is 5.76. The third-order valence-corrected chi connectivity index (χ3v) is 3.43. The molecule has 0 spiro atoms. The van der Waals surface area contributed by atoms with Crippen molar-refractivity contribution in [2.75, 3.05) is 10.6 Å². The third kappa shape index (κ3) is 3.85. The number of carbonyl (C=O) groups is 1. The summed E-state index contributed by atoms with van der Waals surface area (Å²) in [6.45, 7) is 0. The second-order valence-electron chi connectivity index (χ2n) is 4.88. The number of nitrogens with zero attached hydrogens (tertiary/aromatic N) is 2. The van der Waals surface area contributed by atoms with Gasteiger partial charge in [0.05, 0.1) is 22.5 Å². The molecule has 1 amide bonds. The van der Waals surface area contributed by atoms with Gasteiger partial charge < -0.3 is 10.6 Å². The average molecular weight is 343 g/mol. The van der Waals surface area contributed by atoms with E-state index in [1.807, 2.05) is 0 Å². The molecule has 7 heteroatoms. The molecular formula is C17H12ClFN4O. The first kappa shape index (κ1) is 15.9. The van der Waals surface area contributed by atoms with Gasteiger partial charge in [-0.3, -0.25) is 9.78 Å². The smallest absolute Gasteiger partial charge is 0.258 e. The van der Waals surface area contributed by atoms with Crippen LogP contribution < -0.4 is 10.6 Å². The molecule has 120 valence electrons. The van der Waals surface area contributed by atoms with Crippen LogP contribution in [0.25, 0.3) is 0 Å². The van der Waals surface area contributed by atoms with E-state index in [0.29, 0.717) is 22.8 Å². The van der Waals surface area contributed by atoms with Crippen molar-refractivity contribution in [2.45, 2.75) is 0 Å². The predicted molar refractivity (Wildman–Crippen MR) is 91.1 cm³/mol. The van der Waals surface area contributed by atoms with Crippen molar-refractivity contribution in [3.05, 3.63) is 77.5 Å². The van der Waals surface area contributed by atoms with E-state index in [-0.39, 0.29) is 10.9 Å². The molecule has 2 N–H and O–H groups in total. The summed E-state index contributed by atoms with van der Waals surface area (Å²) in [6, 6.07) is 11.1. The maximum absolute atomic E-state index is 13.1. The molecule has 2 aromatic heterocycles. The number of rotatable bonds is 4. The Morgan fingerprint density at radius 3 is 2.58 bits per heavy atom. The van der Waals surface area contributed by atoms with Gasteiger partial charge in [-0.05, 0) is 42.5 Å². The molecule has 0 saturated carbocycles. The third-order valence-electron chi connectivity index (χ3n) is 3.14. The lowest BCUT2D eigenvalue weighted by Crippen LogP contribution is -2.13. The van der Waals surface area contributed by atoms with Gasteiger partial charge in [-0.2, -0.15) is 0 Å². The molecule has 24 heavy (non-hydrogen) atoms. The van der Waals surface area contributed by atoms with Gasteiger partial charge in [0, 0.05) is 18.1 Å². The van der Waals surface area contributed by atoms with Crippen LogP contribution in [-0.2, 0) is 0 Å². The summed E-state index contributed by atoms with van der Waals surface area (Å²) in [5.41, 5.74) is 1.76. The van der Waals surface area contributed by atoms with Crippen molar-refractivity contribution in [2.24, 2.45) is 0 Å². The number of nitrogens with one attached hydrogen (secondary N) is 2. The summed E-state index contributed by atoms with van der Waals surface area (Å²) in [5.74, 6) is -0.359. The van der Waals surface area contributed by atoms with Gasteiger partial charge in [-0.15, -0.1) is 0 Å². The van der Waals surface area contributed by atoms with Crippen molar-refractivity contribution < 1.29 is 9.18 Å². The van der Waals surface area contributed by atoms with E-state index in [1.165, 1.54) is 18.3 Å². The lowest BCUT2D eigenvalue weighted by molar-refractivity contribution is 0.102. The molecule has 0 bridgehead atoms. The Kier molecular flexibility index (Phi) is 4.67. The largest absolute Gasteiger partial charge is 0.354 e. The van der Waals surface area contributed by atoms with Crippen molar-refractivity contribution >= 4 is 34.7 Å². The predicted octanol–water partition coefficient (Wildman–Crippen LogP) is 4.27. The molecule has 0 aliphatic carbocycles. The number of amides is 1. The van der Waals surface area contributed by atoms with Crippen molar-refractivity contribution in [1.82, 2.24) is 9.97 Å². The van der Waals surface area contributed by atoms with Gasteiger partial charge in [-0.25, -0.2) is 9.37 Å². The van der Waals surface area contributed by atoms with E-state index < -0.39 is 5.82 Å². The van der Waals surface area contributed by atoms with Gasteiger partial charge in [0.1, 0.15) is 11.6 Å². The van der Waals surface area contributed by atoms with Crippen LogP contribution in [0.15, 0.2) is 61.1 Å². The van der Waals surface area contributed by atoms with Crippen LogP contribution in [0.1, 0.15) is 10.4 Å². The fourth-order valence-corrected chi connectivity index (χ4v) is 2.15. The number of anilines is 3. The second kappa shape index (κ2) is 7.06. The number of carbonyl (C=O) groups excluding carboxylic acids is 1. The Bertz CT molecular complexity index is 856. The van der Waals surface area contributed by atoms with Gasteiger partial charge in [0.15, 0.2) is 0 Å². The van der Waals surface area contributed by atoms with E-state index in [1.54, 1.807) is 42.7 Å². The summed E-state index contributed by atoms with van der Waals surface area (Å²) >= 11 is 5.74. The zero-order valence-corrected chi connectivity index (χ0v) is 13.1. The maximum atomic E-state index is 13.1. The monoisotopic (exact) mass is 342 g/mol. The summed E-state index contributed by atoms with van der Waals surface area (Å²) in [4.78, 5) is 20.1. The highest BCUT2D eigenvalue weighted by atomic mass is 35.5. The van der Waals surface area contributed by atoms with Crippen LogP contribution in [0.2, 0.25) is 5.02 Å². The highest BCUT2D eigenvalue weighted by Crippen LogP contribution is 2.22. The SMILES string of the molecule is O=C(Nc1ccc(Nc2ccc(F)c(Cl)c2)cn1)c1cccnc1. The van der Waals surface area contributed by atoms with Crippen LogP contribution in [0, 0.1) is 5.82 Å². The molecule has 0 aliphatic rings. The van der Waals surface area contributed by atoms with Gasteiger partial charge >= 0.3 is 0 Å². The lowest BCUT2D eigenvalue weighted by Gasteiger charge is -2.08. The minimum atomic E-state index is -0.478. The molecule has 3 aromatic rings. The molecule has 2 heterocycles. The highest BCUT2D eigenvalue weighted by Gasteiger charge is 2.07. The Balaban J connectivity index is 1.67. The van der Waals surface area contributed by atoms with E-state index >= 15 is 0 Å². The van der Waals surface area contributed by atoms with E-state index in [4.69, 9.17) is 11.6 Å². The van der Waals surface area contributed by atoms with E-state index in [2.05, 4.69) is 20.6 Å². The summed E-state index contributed by atoms with van der Waals surface area (Å²) < 4.78 is 13.1. The highest BCUT2D eigenvalue weighted by molar-refractivity contribution is 6.31.